The summed E-state index contributed by atoms with van der Waals surface area (Å²) in [6.07, 6.45) is 0. The summed E-state index contributed by atoms with van der Waals surface area (Å²) in [6, 6.07) is 21.3. The van der Waals surface area contributed by atoms with Crippen LogP contribution in [0.25, 0.3) is 0 Å². The summed E-state index contributed by atoms with van der Waals surface area (Å²) in [5.74, 6) is -1.69. The fourth-order valence-corrected chi connectivity index (χ4v) is 4.48. The summed E-state index contributed by atoms with van der Waals surface area (Å²) in [5, 5.41) is 3.10. The largest absolute Gasteiger partial charge is 0.465 e. The topological polar surface area (TPSA) is 75.7 Å². The normalized spacial score (nSPS) is 13.5. The van der Waals surface area contributed by atoms with Crippen molar-refractivity contribution in [1.29, 1.82) is 0 Å². The average molecular weight is 523 g/mol. The fraction of sp³-hybridized carbons (Fsp3) is 0.0800. The van der Waals surface area contributed by atoms with Crippen molar-refractivity contribution in [2.75, 3.05) is 17.3 Å². The van der Waals surface area contributed by atoms with Crippen LogP contribution in [0, 0.1) is 6.92 Å². The molecule has 0 radical (unpaired) electrons. The number of methoxy groups -OCH3 is 1. The number of thioether (sulfide) groups is 1. The quantitative estimate of drug-likeness (QED) is 0.338. The lowest BCUT2D eigenvalue weighted by Crippen LogP contribution is -2.33. The van der Waals surface area contributed by atoms with E-state index >= 15 is 0 Å². The lowest BCUT2D eigenvalue weighted by molar-refractivity contribution is -0.120. The predicted octanol–water partition coefficient (Wildman–Crippen LogP) is 5.53. The molecule has 1 aliphatic rings. The zero-order valence-electron chi connectivity index (χ0n) is 17.8. The lowest BCUT2D eigenvalue weighted by atomic mass is 10.1. The molecule has 4 rings (SSSR count). The molecule has 33 heavy (non-hydrogen) atoms. The Labute approximate surface area is 203 Å². The van der Waals surface area contributed by atoms with Crippen molar-refractivity contribution in [3.8, 4) is 0 Å². The maximum atomic E-state index is 13.5. The number of benzene rings is 3. The van der Waals surface area contributed by atoms with Crippen molar-refractivity contribution in [3.63, 3.8) is 0 Å². The van der Waals surface area contributed by atoms with Gasteiger partial charge in [-0.3, -0.25) is 9.59 Å². The highest BCUT2D eigenvalue weighted by Gasteiger charge is 2.41. The molecule has 3 aromatic carbocycles. The van der Waals surface area contributed by atoms with E-state index in [2.05, 4.69) is 21.2 Å². The third kappa shape index (κ3) is 4.72. The molecular formula is C25H19BrN2O4S. The van der Waals surface area contributed by atoms with Gasteiger partial charge < -0.3 is 10.1 Å². The van der Waals surface area contributed by atoms with E-state index in [1.807, 2.05) is 43.3 Å². The fourth-order valence-electron chi connectivity index (χ4n) is 3.29. The number of esters is 1. The Morgan fingerprint density at radius 2 is 1.61 bits per heavy atom. The number of carbonyl (C=O) groups excluding carboxylic acids is 3. The zero-order chi connectivity index (χ0) is 23.5. The third-order valence-electron chi connectivity index (χ3n) is 4.95. The molecule has 3 aromatic rings. The van der Waals surface area contributed by atoms with Gasteiger partial charge in [0.25, 0.3) is 11.8 Å². The van der Waals surface area contributed by atoms with Crippen molar-refractivity contribution < 1.29 is 19.1 Å². The standard InChI is InChI=1S/C25H19BrN2O4S/c1-15-7-13-18(14-8-15)33-22-21(27-17-11-9-16(26)10-12-17)23(29)28(24(22)30)20-6-4-3-5-19(20)25(31)32-2/h3-14,27H,1-2H3. The molecule has 0 saturated heterocycles. The van der Waals surface area contributed by atoms with Crippen LogP contribution in [0.2, 0.25) is 0 Å². The minimum atomic E-state index is -0.631. The number of hydrogen-bond donors (Lipinski definition) is 1. The van der Waals surface area contributed by atoms with Crippen LogP contribution in [0.5, 0.6) is 0 Å². The first-order valence-corrected chi connectivity index (χ1v) is 11.6. The third-order valence-corrected chi connectivity index (χ3v) is 6.57. The number of carbonyl (C=O) groups is 3. The highest BCUT2D eigenvalue weighted by molar-refractivity contribution is 9.10. The molecule has 2 amide bonds. The first-order chi connectivity index (χ1) is 15.9. The van der Waals surface area contributed by atoms with Gasteiger partial charge in [0.15, 0.2) is 0 Å². The van der Waals surface area contributed by atoms with Crippen molar-refractivity contribution in [1.82, 2.24) is 0 Å². The van der Waals surface area contributed by atoms with Gasteiger partial charge in [-0.2, -0.15) is 0 Å². The highest BCUT2D eigenvalue weighted by atomic mass is 79.9. The lowest BCUT2D eigenvalue weighted by Gasteiger charge is -2.18. The number of anilines is 2. The van der Waals surface area contributed by atoms with Crippen LogP contribution in [0.1, 0.15) is 15.9 Å². The van der Waals surface area contributed by atoms with Gasteiger partial charge in [-0.15, -0.1) is 0 Å². The second-order valence-corrected chi connectivity index (χ2v) is 9.21. The van der Waals surface area contributed by atoms with Gasteiger partial charge in [-0.1, -0.05) is 57.5 Å². The molecule has 166 valence electrons. The molecule has 6 nitrogen and oxygen atoms in total. The Morgan fingerprint density at radius 3 is 2.27 bits per heavy atom. The second kappa shape index (κ2) is 9.64. The molecule has 0 unspecified atom stereocenters. The molecule has 0 fully saturated rings. The Bertz CT molecular complexity index is 1200. The van der Waals surface area contributed by atoms with E-state index in [-0.39, 0.29) is 21.9 Å². The Balaban J connectivity index is 1.78. The van der Waals surface area contributed by atoms with Gasteiger partial charge in [0, 0.05) is 15.1 Å². The number of aryl methyl sites for hydroxylation is 1. The van der Waals surface area contributed by atoms with Crippen molar-refractivity contribution in [2.45, 2.75) is 11.8 Å². The minimum absolute atomic E-state index is 0.131. The van der Waals surface area contributed by atoms with Crippen LogP contribution in [0.4, 0.5) is 11.4 Å². The SMILES string of the molecule is COC(=O)c1ccccc1N1C(=O)C(Nc2ccc(Br)cc2)=C(Sc2ccc(C)cc2)C1=O. The van der Waals surface area contributed by atoms with Gasteiger partial charge in [-0.05, 0) is 55.5 Å². The summed E-state index contributed by atoms with van der Waals surface area (Å²) < 4.78 is 5.73. The molecule has 0 bridgehead atoms. The van der Waals surface area contributed by atoms with Crippen LogP contribution in [-0.2, 0) is 14.3 Å². The van der Waals surface area contributed by atoms with Gasteiger partial charge in [0.2, 0.25) is 0 Å². The molecule has 8 heteroatoms. The molecule has 1 aliphatic heterocycles. The molecule has 1 heterocycles. The molecule has 0 atom stereocenters. The van der Waals surface area contributed by atoms with Crippen LogP contribution in [0.15, 0.2) is 92.8 Å². The molecule has 0 aliphatic carbocycles. The molecular weight excluding hydrogens is 504 g/mol. The molecule has 1 N–H and O–H groups in total. The van der Waals surface area contributed by atoms with Gasteiger partial charge in [0.1, 0.15) is 10.6 Å². The van der Waals surface area contributed by atoms with Crippen molar-refractivity contribution >= 4 is 56.9 Å². The summed E-state index contributed by atoms with van der Waals surface area (Å²) >= 11 is 4.59. The van der Waals surface area contributed by atoms with Gasteiger partial charge in [0.05, 0.1) is 18.4 Å². The smallest absolute Gasteiger partial charge is 0.339 e. The highest BCUT2D eigenvalue weighted by Crippen LogP contribution is 2.39. The first-order valence-electron chi connectivity index (χ1n) is 9.96. The summed E-state index contributed by atoms with van der Waals surface area (Å²) in [7, 11) is 1.25. The number of nitrogens with zero attached hydrogens (tertiary/aromatic N) is 1. The van der Waals surface area contributed by atoms with Gasteiger partial charge >= 0.3 is 5.97 Å². The maximum absolute atomic E-state index is 13.5. The van der Waals surface area contributed by atoms with E-state index in [9.17, 15) is 14.4 Å². The molecule has 0 aromatic heterocycles. The van der Waals surface area contributed by atoms with E-state index in [4.69, 9.17) is 4.74 Å². The zero-order valence-corrected chi connectivity index (χ0v) is 20.2. The molecule has 0 spiro atoms. The van der Waals surface area contributed by atoms with Gasteiger partial charge in [-0.25, -0.2) is 9.69 Å². The predicted molar refractivity (Wildman–Crippen MR) is 132 cm³/mol. The molecule has 0 saturated carbocycles. The van der Waals surface area contributed by atoms with Crippen LogP contribution in [-0.4, -0.2) is 24.9 Å². The summed E-state index contributed by atoms with van der Waals surface area (Å²) in [6.45, 7) is 1.98. The number of rotatable bonds is 6. The van der Waals surface area contributed by atoms with Crippen molar-refractivity contribution in [3.05, 3.63) is 99.0 Å². The Morgan fingerprint density at radius 1 is 0.939 bits per heavy atom. The monoisotopic (exact) mass is 522 g/mol. The van der Waals surface area contributed by atoms with E-state index in [1.165, 1.54) is 24.9 Å². The van der Waals surface area contributed by atoms with E-state index in [1.54, 1.807) is 30.3 Å². The Hall–Kier alpha value is -3.36. The second-order valence-electron chi connectivity index (χ2n) is 7.21. The van der Waals surface area contributed by atoms with Crippen LogP contribution >= 0.6 is 27.7 Å². The van der Waals surface area contributed by atoms with Crippen LogP contribution < -0.4 is 10.2 Å². The number of hydrogen-bond acceptors (Lipinski definition) is 6. The number of nitrogens with one attached hydrogen (secondary N) is 1. The number of ether oxygens (including phenoxy) is 1. The number of amides is 2. The maximum Gasteiger partial charge on any atom is 0.339 e. The number of halogens is 1. The number of imide groups is 1. The summed E-state index contributed by atoms with van der Waals surface area (Å²) in [5.41, 5.74) is 2.19. The van der Waals surface area contributed by atoms with E-state index < -0.39 is 17.8 Å². The van der Waals surface area contributed by atoms with Crippen molar-refractivity contribution in [2.24, 2.45) is 0 Å². The van der Waals surface area contributed by atoms with E-state index in [0.29, 0.717) is 5.69 Å². The Kier molecular flexibility index (Phi) is 6.67. The summed E-state index contributed by atoms with van der Waals surface area (Å²) in [4.78, 5) is 41.4. The average Bonchev–Trinajstić information content (AvgIpc) is 3.05. The van der Waals surface area contributed by atoms with E-state index in [0.717, 1.165) is 19.8 Å². The number of para-hydroxylation sites is 1. The first kappa shape index (κ1) is 22.8. The van der Waals surface area contributed by atoms with Crippen LogP contribution in [0.3, 0.4) is 0 Å². The minimum Gasteiger partial charge on any atom is -0.465 e.